The molecule has 1 aliphatic rings. The molecule has 1 aliphatic heterocycles. The summed E-state index contributed by atoms with van der Waals surface area (Å²) in [6.07, 6.45) is 2.89. The van der Waals surface area contributed by atoms with Crippen molar-refractivity contribution < 1.29 is 13.2 Å². The Labute approximate surface area is 154 Å². The predicted molar refractivity (Wildman–Crippen MR) is 99.1 cm³/mol. The fourth-order valence-electron chi connectivity index (χ4n) is 2.79. The molecule has 2 aromatic rings. The fraction of sp³-hybridized carbons (Fsp3) is 0.353. The molecule has 1 saturated heterocycles. The Kier molecular flexibility index (Phi) is 6.40. The van der Waals surface area contributed by atoms with E-state index in [1.165, 1.54) is 16.7 Å². The van der Waals surface area contributed by atoms with E-state index >= 15 is 0 Å². The van der Waals surface area contributed by atoms with Crippen LogP contribution < -0.4 is 10.1 Å². The molecule has 2 heterocycles. The second-order valence-electron chi connectivity index (χ2n) is 5.90. The number of piperazine rings is 1. The van der Waals surface area contributed by atoms with E-state index in [0.717, 1.165) is 11.1 Å². The van der Waals surface area contributed by atoms with Gasteiger partial charge < -0.3 is 10.1 Å². The van der Waals surface area contributed by atoms with E-state index in [0.29, 0.717) is 37.7 Å². The molecule has 136 valence electrons. The number of nitrogens with zero attached hydrogens (tertiary/aromatic N) is 2. The number of aryl methyl sites for hydroxylation is 2. The van der Waals surface area contributed by atoms with Crippen molar-refractivity contribution in [1.82, 2.24) is 14.6 Å². The van der Waals surface area contributed by atoms with Crippen molar-refractivity contribution >= 4 is 22.4 Å². The molecular formula is C17H22ClN3O3S. The maximum absolute atomic E-state index is 12.9. The molecule has 1 aromatic carbocycles. The van der Waals surface area contributed by atoms with Crippen molar-refractivity contribution in [3.05, 3.63) is 47.8 Å². The van der Waals surface area contributed by atoms with E-state index in [-0.39, 0.29) is 17.3 Å². The van der Waals surface area contributed by atoms with Crippen molar-refractivity contribution in [1.29, 1.82) is 0 Å². The van der Waals surface area contributed by atoms with E-state index < -0.39 is 10.0 Å². The van der Waals surface area contributed by atoms with E-state index in [1.54, 1.807) is 6.07 Å². The number of ether oxygens (including phenoxy) is 1. The van der Waals surface area contributed by atoms with Crippen LogP contribution in [-0.4, -0.2) is 43.9 Å². The molecule has 6 nitrogen and oxygen atoms in total. The Morgan fingerprint density at radius 3 is 2.40 bits per heavy atom. The number of sulfonamides is 1. The molecule has 1 aromatic heterocycles. The molecule has 3 rings (SSSR count). The van der Waals surface area contributed by atoms with Gasteiger partial charge in [0.2, 0.25) is 10.0 Å². The number of hydrogen-bond acceptors (Lipinski definition) is 5. The lowest BCUT2D eigenvalue weighted by Gasteiger charge is -2.27. The van der Waals surface area contributed by atoms with Crippen LogP contribution in [-0.2, 0) is 10.0 Å². The van der Waals surface area contributed by atoms with Crippen LogP contribution in [0.2, 0.25) is 0 Å². The molecule has 0 radical (unpaired) electrons. The Morgan fingerprint density at radius 2 is 1.76 bits per heavy atom. The van der Waals surface area contributed by atoms with Crippen LogP contribution in [0.1, 0.15) is 11.1 Å². The molecule has 0 amide bonds. The number of rotatable bonds is 4. The van der Waals surface area contributed by atoms with Gasteiger partial charge >= 0.3 is 0 Å². The number of aromatic nitrogens is 1. The molecule has 0 aliphatic carbocycles. The van der Waals surface area contributed by atoms with Crippen molar-refractivity contribution in [3.63, 3.8) is 0 Å². The van der Waals surface area contributed by atoms with Gasteiger partial charge in [0.15, 0.2) is 5.75 Å². The molecular weight excluding hydrogens is 362 g/mol. The normalized spacial score (nSPS) is 15.4. The monoisotopic (exact) mass is 383 g/mol. The maximum atomic E-state index is 12.9. The van der Waals surface area contributed by atoms with Gasteiger partial charge in [0.25, 0.3) is 0 Å². The van der Waals surface area contributed by atoms with Gasteiger partial charge in [-0.3, -0.25) is 4.98 Å². The number of nitrogens with one attached hydrogen (secondary N) is 1. The molecule has 0 atom stereocenters. The second kappa shape index (κ2) is 8.14. The summed E-state index contributed by atoms with van der Waals surface area (Å²) in [6, 6.07) is 7.40. The van der Waals surface area contributed by atoms with Crippen LogP contribution in [0.4, 0.5) is 0 Å². The highest BCUT2D eigenvalue weighted by Gasteiger charge is 2.29. The number of hydrogen-bond donors (Lipinski definition) is 1. The van der Waals surface area contributed by atoms with E-state index in [9.17, 15) is 8.42 Å². The predicted octanol–water partition coefficient (Wildman–Crippen LogP) is 2.51. The minimum Gasteiger partial charge on any atom is -0.456 e. The topological polar surface area (TPSA) is 71.5 Å². The molecule has 0 spiro atoms. The second-order valence-corrected chi connectivity index (χ2v) is 7.81. The molecule has 1 fully saturated rings. The van der Waals surface area contributed by atoms with Crippen LogP contribution in [0.25, 0.3) is 0 Å². The van der Waals surface area contributed by atoms with E-state index in [2.05, 4.69) is 10.3 Å². The summed E-state index contributed by atoms with van der Waals surface area (Å²) in [5.41, 5.74) is 2.12. The Morgan fingerprint density at radius 1 is 1.12 bits per heavy atom. The fourth-order valence-corrected chi connectivity index (χ4v) is 4.29. The average molecular weight is 384 g/mol. The zero-order valence-electron chi connectivity index (χ0n) is 14.2. The summed E-state index contributed by atoms with van der Waals surface area (Å²) in [5, 5.41) is 3.15. The number of pyridine rings is 1. The summed E-state index contributed by atoms with van der Waals surface area (Å²) in [5.74, 6) is 0.920. The molecule has 1 N–H and O–H groups in total. The number of benzene rings is 1. The van der Waals surface area contributed by atoms with Gasteiger partial charge in [-0.1, -0.05) is 6.07 Å². The van der Waals surface area contributed by atoms with Crippen LogP contribution in [0.5, 0.6) is 11.5 Å². The highest BCUT2D eigenvalue weighted by Crippen LogP contribution is 2.31. The third-order valence-corrected chi connectivity index (χ3v) is 5.77. The molecule has 0 unspecified atom stereocenters. The summed E-state index contributed by atoms with van der Waals surface area (Å²) < 4.78 is 33.2. The van der Waals surface area contributed by atoms with Crippen molar-refractivity contribution in [2.45, 2.75) is 18.7 Å². The minimum absolute atomic E-state index is 0. The third-order valence-electron chi connectivity index (χ3n) is 3.86. The first-order valence-electron chi connectivity index (χ1n) is 7.88. The van der Waals surface area contributed by atoms with Gasteiger partial charge in [-0.2, -0.15) is 4.31 Å². The van der Waals surface area contributed by atoms with Crippen LogP contribution >= 0.6 is 12.4 Å². The van der Waals surface area contributed by atoms with E-state index in [1.807, 2.05) is 32.0 Å². The standard InChI is InChI=1S/C17H21N3O3S.ClH/c1-13-9-14(2)11-15(10-13)23-16-3-4-19-12-17(16)24(21,22)20-7-5-18-6-8-20;/h3-4,9-12,18H,5-8H2,1-2H3;1H. The van der Waals surface area contributed by atoms with E-state index in [4.69, 9.17) is 4.74 Å². The zero-order chi connectivity index (χ0) is 17.2. The lowest BCUT2D eigenvalue weighted by Crippen LogP contribution is -2.46. The lowest BCUT2D eigenvalue weighted by atomic mass is 10.1. The highest BCUT2D eigenvalue weighted by molar-refractivity contribution is 7.89. The molecule has 0 saturated carbocycles. The van der Waals surface area contributed by atoms with Crippen molar-refractivity contribution in [3.8, 4) is 11.5 Å². The average Bonchev–Trinajstić information content (AvgIpc) is 2.55. The van der Waals surface area contributed by atoms with Gasteiger partial charge in [0.05, 0.1) is 6.20 Å². The first-order chi connectivity index (χ1) is 11.5. The van der Waals surface area contributed by atoms with Crippen LogP contribution in [0, 0.1) is 13.8 Å². The SMILES string of the molecule is Cc1cc(C)cc(Oc2ccncc2S(=O)(=O)N2CCNCC2)c1.Cl. The Bertz CT molecular complexity index is 817. The van der Waals surface area contributed by atoms with Gasteiger partial charge in [0, 0.05) is 38.4 Å². The quantitative estimate of drug-likeness (QED) is 0.878. The third kappa shape index (κ3) is 4.49. The minimum atomic E-state index is -3.63. The molecule has 25 heavy (non-hydrogen) atoms. The van der Waals surface area contributed by atoms with Crippen molar-refractivity contribution in [2.24, 2.45) is 0 Å². The highest BCUT2D eigenvalue weighted by atomic mass is 35.5. The first kappa shape index (κ1) is 19.7. The van der Waals surface area contributed by atoms with Crippen LogP contribution in [0.3, 0.4) is 0 Å². The van der Waals surface area contributed by atoms with Crippen LogP contribution in [0.15, 0.2) is 41.6 Å². The number of halogens is 1. The largest absolute Gasteiger partial charge is 0.456 e. The van der Waals surface area contributed by atoms with Gasteiger partial charge in [-0.15, -0.1) is 12.4 Å². The Balaban J connectivity index is 0.00000225. The molecule has 8 heteroatoms. The zero-order valence-corrected chi connectivity index (χ0v) is 15.9. The maximum Gasteiger partial charge on any atom is 0.248 e. The summed E-state index contributed by atoms with van der Waals surface area (Å²) in [4.78, 5) is 4.08. The van der Waals surface area contributed by atoms with Gasteiger partial charge in [-0.05, 0) is 37.1 Å². The van der Waals surface area contributed by atoms with Gasteiger partial charge in [-0.25, -0.2) is 8.42 Å². The first-order valence-corrected chi connectivity index (χ1v) is 9.32. The Hall–Kier alpha value is -1.67. The summed E-state index contributed by atoms with van der Waals surface area (Å²) in [7, 11) is -3.63. The smallest absolute Gasteiger partial charge is 0.248 e. The summed E-state index contributed by atoms with van der Waals surface area (Å²) in [6.45, 7) is 6.13. The lowest BCUT2D eigenvalue weighted by molar-refractivity contribution is 0.358. The summed E-state index contributed by atoms with van der Waals surface area (Å²) >= 11 is 0. The van der Waals surface area contributed by atoms with Gasteiger partial charge in [0.1, 0.15) is 10.6 Å². The molecule has 0 bridgehead atoms. The van der Waals surface area contributed by atoms with Crippen molar-refractivity contribution in [2.75, 3.05) is 26.2 Å².